The van der Waals surface area contributed by atoms with E-state index in [4.69, 9.17) is 5.11 Å². The van der Waals surface area contributed by atoms with Gasteiger partial charge in [0, 0.05) is 31.2 Å². The number of aliphatic hydroxyl groups excluding tert-OH is 1. The van der Waals surface area contributed by atoms with Gasteiger partial charge in [0.25, 0.3) is 0 Å². The van der Waals surface area contributed by atoms with Crippen molar-refractivity contribution in [3.05, 3.63) is 11.8 Å². The summed E-state index contributed by atoms with van der Waals surface area (Å²) in [5.74, 6) is -0.00331. The number of nitrogens with zero attached hydrogens (tertiary/aromatic N) is 2. The number of rotatable bonds is 6. The molecule has 3 N–H and O–H groups in total. The average Bonchev–Trinajstić information content (AvgIpc) is 2.36. The highest BCUT2D eigenvalue weighted by Crippen LogP contribution is 2.29. The third-order valence-corrected chi connectivity index (χ3v) is 2.53. The molecule has 0 aliphatic rings. The fraction of sp³-hybridized carbons (Fsp3) is 0.667. The number of halogens is 3. The van der Waals surface area contributed by atoms with Crippen LogP contribution in [-0.2, 0) is 6.18 Å². The number of hydrogen-bond acceptors (Lipinski definition) is 5. The Bertz CT molecular complexity index is 449. The van der Waals surface area contributed by atoms with Gasteiger partial charge in [0.05, 0.1) is 0 Å². The molecule has 0 bridgehead atoms. The SMILES string of the molecule is CCNc1nc(NCC(C)(C)CO)cc(C(F)(F)F)n1. The second-order valence-corrected chi connectivity index (χ2v) is 5.17. The molecule has 0 radical (unpaired) electrons. The van der Waals surface area contributed by atoms with E-state index < -0.39 is 17.3 Å². The van der Waals surface area contributed by atoms with Crippen LogP contribution in [0.1, 0.15) is 26.5 Å². The van der Waals surface area contributed by atoms with E-state index in [-0.39, 0.29) is 18.4 Å². The van der Waals surface area contributed by atoms with E-state index in [1.807, 2.05) is 0 Å². The minimum absolute atomic E-state index is 0.0739. The zero-order valence-corrected chi connectivity index (χ0v) is 11.7. The van der Waals surface area contributed by atoms with Crippen LogP contribution in [0.4, 0.5) is 24.9 Å². The molecule has 0 unspecified atom stereocenters. The Labute approximate surface area is 115 Å². The first-order valence-corrected chi connectivity index (χ1v) is 6.23. The Hall–Kier alpha value is -1.57. The van der Waals surface area contributed by atoms with Crippen LogP contribution in [0.5, 0.6) is 0 Å². The summed E-state index contributed by atoms with van der Waals surface area (Å²) < 4.78 is 38.2. The second kappa shape index (κ2) is 6.25. The lowest BCUT2D eigenvalue weighted by molar-refractivity contribution is -0.141. The van der Waals surface area contributed by atoms with Crippen LogP contribution in [0, 0.1) is 5.41 Å². The topological polar surface area (TPSA) is 70.1 Å². The summed E-state index contributed by atoms with van der Waals surface area (Å²) in [7, 11) is 0. The zero-order chi connectivity index (χ0) is 15.4. The molecule has 0 aromatic carbocycles. The smallest absolute Gasteiger partial charge is 0.396 e. The van der Waals surface area contributed by atoms with Crippen LogP contribution < -0.4 is 10.6 Å². The molecule has 20 heavy (non-hydrogen) atoms. The first kappa shape index (κ1) is 16.5. The van der Waals surface area contributed by atoms with Crippen molar-refractivity contribution in [3.8, 4) is 0 Å². The maximum atomic E-state index is 12.7. The maximum Gasteiger partial charge on any atom is 0.433 e. The van der Waals surface area contributed by atoms with Crippen LogP contribution in [0.3, 0.4) is 0 Å². The highest BCUT2D eigenvalue weighted by atomic mass is 19.4. The van der Waals surface area contributed by atoms with E-state index in [1.165, 1.54) is 0 Å². The molecule has 0 atom stereocenters. The highest BCUT2D eigenvalue weighted by molar-refractivity contribution is 5.43. The highest BCUT2D eigenvalue weighted by Gasteiger charge is 2.33. The third-order valence-electron chi connectivity index (χ3n) is 2.53. The fourth-order valence-electron chi connectivity index (χ4n) is 1.31. The van der Waals surface area contributed by atoms with E-state index in [9.17, 15) is 13.2 Å². The minimum Gasteiger partial charge on any atom is -0.396 e. The van der Waals surface area contributed by atoms with Gasteiger partial charge in [-0.25, -0.2) is 4.98 Å². The molecule has 1 aromatic heterocycles. The molecule has 0 fully saturated rings. The van der Waals surface area contributed by atoms with Crippen molar-refractivity contribution in [1.82, 2.24) is 9.97 Å². The number of anilines is 2. The van der Waals surface area contributed by atoms with Crippen molar-refractivity contribution < 1.29 is 18.3 Å². The van der Waals surface area contributed by atoms with Crippen molar-refractivity contribution in [2.24, 2.45) is 5.41 Å². The number of aromatic nitrogens is 2. The molecule has 0 spiro atoms. The summed E-state index contributed by atoms with van der Waals surface area (Å²) in [6.45, 7) is 5.95. The molecule has 0 saturated heterocycles. The first-order chi connectivity index (χ1) is 9.18. The molecule has 1 heterocycles. The van der Waals surface area contributed by atoms with Crippen molar-refractivity contribution >= 4 is 11.8 Å². The summed E-state index contributed by atoms with van der Waals surface area (Å²) in [5.41, 5.74) is -1.46. The van der Waals surface area contributed by atoms with E-state index in [0.29, 0.717) is 13.1 Å². The van der Waals surface area contributed by atoms with Crippen molar-refractivity contribution in [3.63, 3.8) is 0 Å². The lowest BCUT2D eigenvalue weighted by atomic mass is 9.95. The first-order valence-electron chi connectivity index (χ1n) is 6.23. The van der Waals surface area contributed by atoms with E-state index in [0.717, 1.165) is 6.07 Å². The molecule has 5 nitrogen and oxygen atoms in total. The largest absolute Gasteiger partial charge is 0.433 e. The van der Waals surface area contributed by atoms with Crippen LogP contribution in [-0.4, -0.2) is 34.8 Å². The Kier molecular flexibility index (Phi) is 5.15. The van der Waals surface area contributed by atoms with Gasteiger partial charge in [-0.3, -0.25) is 0 Å². The summed E-state index contributed by atoms with van der Waals surface area (Å²) in [5, 5.41) is 14.6. The van der Waals surface area contributed by atoms with Gasteiger partial charge in [-0.2, -0.15) is 18.2 Å². The van der Waals surface area contributed by atoms with E-state index >= 15 is 0 Å². The molecule has 0 aliphatic carbocycles. The summed E-state index contributed by atoms with van der Waals surface area (Å²) in [6, 6.07) is 0.855. The van der Waals surface area contributed by atoms with Gasteiger partial charge < -0.3 is 15.7 Å². The van der Waals surface area contributed by atoms with Gasteiger partial charge in [-0.1, -0.05) is 13.8 Å². The maximum absolute atomic E-state index is 12.7. The van der Waals surface area contributed by atoms with Crippen molar-refractivity contribution in [1.29, 1.82) is 0 Å². The standard InChI is InChI=1S/C12H19F3N4O/c1-4-16-10-18-8(12(13,14)15)5-9(19-10)17-6-11(2,3)7-20/h5,20H,4,6-7H2,1-3H3,(H2,16,17,18,19). The Morgan fingerprint density at radius 1 is 1.20 bits per heavy atom. The molecule has 8 heteroatoms. The monoisotopic (exact) mass is 292 g/mol. The predicted molar refractivity (Wildman–Crippen MR) is 70.6 cm³/mol. The lowest BCUT2D eigenvalue weighted by Crippen LogP contribution is -2.27. The van der Waals surface area contributed by atoms with Gasteiger partial charge in [0.2, 0.25) is 5.95 Å². The fourth-order valence-corrected chi connectivity index (χ4v) is 1.31. The molecular weight excluding hydrogens is 273 g/mol. The Balaban J connectivity index is 2.97. The molecule has 0 amide bonds. The Morgan fingerprint density at radius 2 is 1.85 bits per heavy atom. The van der Waals surface area contributed by atoms with Gasteiger partial charge in [-0.15, -0.1) is 0 Å². The average molecular weight is 292 g/mol. The normalized spacial score (nSPS) is 12.3. The Morgan fingerprint density at radius 3 is 2.35 bits per heavy atom. The number of aliphatic hydroxyl groups is 1. The number of hydrogen-bond donors (Lipinski definition) is 3. The molecule has 114 valence electrons. The van der Waals surface area contributed by atoms with Crippen molar-refractivity contribution in [2.45, 2.75) is 26.9 Å². The summed E-state index contributed by atoms with van der Waals surface area (Å²) in [4.78, 5) is 7.38. The third kappa shape index (κ3) is 4.84. The molecular formula is C12H19F3N4O. The second-order valence-electron chi connectivity index (χ2n) is 5.17. The van der Waals surface area contributed by atoms with Gasteiger partial charge in [-0.05, 0) is 6.92 Å². The van der Waals surface area contributed by atoms with Crippen LogP contribution in [0.25, 0.3) is 0 Å². The summed E-state index contributed by atoms with van der Waals surface area (Å²) in [6.07, 6.45) is -4.53. The van der Waals surface area contributed by atoms with Crippen molar-refractivity contribution in [2.75, 3.05) is 30.3 Å². The van der Waals surface area contributed by atoms with Crippen LogP contribution in [0.15, 0.2) is 6.07 Å². The van der Waals surface area contributed by atoms with E-state index in [1.54, 1.807) is 20.8 Å². The molecule has 1 rings (SSSR count). The van der Waals surface area contributed by atoms with Gasteiger partial charge >= 0.3 is 6.18 Å². The molecule has 0 aliphatic heterocycles. The summed E-state index contributed by atoms with van der Waals surface area (Å²) >= 11 is 0. The van der Waals surface area contributed by atoms with Crippen LogP contribution in [0.2, 0.25) is 0 Å². The van der Waals surface area contributed by atoms with Crippen LogP contribution >= 0.6 is 0 Å². The quantitative estimate of drug-likeness (QED) is 0.751. The van der Waals surface area contributed by atoms with E-state index in [2.05, 4.69) is 20.6 Å². The zero-order valence-electron chi connectivity index (χ0n) is 11.7. The minimum atomic E-state index is -4.53. The number of nitrogens with one attached hydrogen (secondary N) is 2. The van der Waals surface area contributed by atoms with Gasteiger partial charge in [0.1, 0.15) is 5.82 Å². The molecule has 1 aromatic rings. The number of alkyl halides is 3. The predicted octanol–water partition coefficient (Wildman–Crippen LogP) is 2.36. The lowest BCUT2D eigenvalue weighted by Gasteiger charge is -2.22. The molecule has 0 saturated carbocycles. The van der Waals surface area contributed by atoms with Gasteiger partial charge in [0.15, 0.2) is 5.69 Å².